The number of benzene rings is 1. The standard InChI is InChI=1S/C20H34N4O2/c1-5-22-19(25)15-26-18-11-8-10-17(13-18)14-24-20(21-4)23-12-7-6-9-16(2)3/h8,10-11,13,16H,5-7,9,12,14-15H2,1-4H3,(H,22,25)(H2,21,23,24). The third kappa shape index (κ3) is 9.91. The molecule has 0 radical (unpaired) electrons. The van der Waals surface area contributed by atoms with Gasteiger partial charge in [0.25, 0.3) is 5.91 Å². The molecular formula is C20H34N4O2. The van der Waals surface area contributed by atoms with Crippen LogP contribution in [0.25, 0.3) is 0 Å². The van der Waals surface area contributed by atoms with Crippen LogP contribution in [-0.4, -0.2) is 38.6 Å². The highest BCUT2D eigenvalue weighted by atomic mass is 16.5. The highest BCUT2D eigenvalue weighted by Crippen LogP contribution is 2.13. The van der Waals surface area contributed by atoms with Crippen molar-refractivity contribution in [3.8, 4) is 5.75 Å². The first-order chi connectivity index (χ1) is 12.5. The number of carbonyl (C=O) groups is 1. The fourth-order valence-corrected chi connectivity index (χ4v) is 2.43. The molecule has 1 aromatic carbocycles. The zero-order valence-corrected chi connectivity index (χ0v) is 16.6. The molecule has 0 saturated heterocycles. The van der Waals surface area contributed by atoms with Crippen molar-refractivity contribution < 1.29 is 9.53 Å². The number of likely N-dealkylation sites (N-methyl/N-ethyl adjacent to an activating group) is 1. The number of unbranched alkanes of at least 4 members (excludes halogenated alkanes) is 1. The molecule has 6 heteroatoms. The van der Waals surface area contributed by atoms with Crippen molar-refractivity contribution in [2.24, 2.45) is 10.9 Å². The molecule has 1 aromatic rings. The smallest absolute Gasteiger partial charge is 0.257 e. The van der Waals surface area contributed by atoms with Gasteiger partial charge >= 0.3 is 0 Å². The molecule has 0 aromatic heterocycles. The summed E-state index contributed by atoms with van der Waals surface area (Å²) in [5, 5.41) is 9.35. The summed E-state index contributed by atoms with van der Waals surface area (Å²) in [7, 11) is 1.77. The zero-order valence-electron chi connectivity index (χ0n) is 16.6. The number of aliphatic imine (C=N–C) groups is 1. The second-order valence-electron chi connectivity index (χ2n) is 6.63. The summed E-state index contributed by atoms with van der Waals surface area (Å²) < 4.78 is 5.52. The van der Waals surface area contributed by atoms with Crippen LogP contribution in [-0.2, 0) is 11.3 Å². The van der Waals surface area contributed by atoms with Gasteiger partial charge in [0.2, 0.25) is 0 Å². The Hall–Kier alpha value is -2.24. The van der Waals surface area contributed by atoms with Crippen molar-refractivity contribution in [3.63, 3.8) is 0 Å². The van der Waals surface area contributed by atoms with Gasteiger partial charge in [-0.25, -0.2) is 0 Å². The Kier molecular flexibility index (Phi) is 10.9. The quantitative estimate of drug-likeness (QED) is 0.321. The van der Waals surface area contributed by atoms with Crippen molar-refractivity contribution in [1.29, 1.82) is 0 Å². The van der Waals surface area contributed by atoms with E-state index in [-0.39, 0.29) is 12.5 Å². The number of nitrogens with zero attached hydrogens (tertiary/aromatic N) is 1. The topological polar surface area (TPSA) is 74.8 Å². The average molecular weight is 363 g/mol. The van der Waals surface area contributed by atoms with Crippen LogP contribution in [0.2, 0.25) is 0 Å². The molecule has 0 aliphatic heterocycles. The Morgan fingerprint density at radius 3 is 2.69 bits per heavy atom. The van der Waals surface area contributed by atoms with E-state index < -0.39 is 0 Å². The number of guanidine groups is 1. The highest BCUT2D eigenvalue weighted by Gasteiger charge is 2.03. The van der Waals surface area contributed by atoms with Crippen LogP contribution in [0.15, 0.2) is 29.3 Å². The number of ether oxygens (including phenoxy) is 1. The summed E-state index contributed by atoms with van der Waals surface area (Å²) >= 11 is 0. The molecule has 0 aliphatic carbocycles. The lowest BCUT2D eigenvalue weighted by molar-refractivity contribution is -0.122. The van der Waals surface area contributed by atoms with E-state index in [1.807, 2.05) is 31.2 Å². The van der Waals surface area contributed by atoms with E-state index in [0.717, 1.165) is 30.4 Å². The summed E-state index contributed by atoms with van der Waals surface area (Å²) in [4.78, 5) is 15.7. The van der Waals surface area contributed by atoms with E-state index in [1.165, 1.54) is 12.8 Å². The number of hydrogen-bond donors (Lipinski definition) is 3. The maximum absolute atomic E-state index is 11.5. The van der Waals surface area contributed by atoms with Crippen LogP contribution >= 0.6 is 0 Å². The molecule has 26 heavy (non-hydrogen) atoms. The Bertz CT molecular complexity index is 558. The molecule has 1 amide bonds. The van der Waals surface area contributed by atoms with Gasteiger partial charge in [-0.2, -0.15) is 0 Å². The Morgan fingerprint density at radius 2 is 2.00 bits per heavy atom. The third-order valence-corrected chi connectivity index (χ3v) is 3.83. The molecule has 0 saturated carbocycles. The minimum Gasteiger partial charge on any atom is -0.484 e. The van der Waals surface area contributed by atoms with Crippen molar-refractivity contribution in [2.45, 2.75) is 46.6 Å². The maximum atomic E-state index is 11.5. The Morgan fingerprint density at radius 1 is 1.19 bits per heavy atom. The molecule has 3 N–H and O–H groups in total. The molecule has 146 valence electrons. The molecule has 0 atom stereocenters. The molecule has 1 rings (SSSR count). The monoisotopic (exact) mass is 362 g/mol. The average Bonchev–Trinajstić information content (AvgIpc) is 2.62. The third-order valence-electron chi connectivity index (χ3n) is 3.83. The van der Waals surface area contributed by atoms with Crippen LogP contribution in [0.4, 0.5) is 0 Å². The van der Waals surface area contributed by atoms with Gasteiger partial charge in [0, 0.05) is 26.7 Å². The molecule has 6 nitrogen and oxygen atoms in total. The molecule has 0 spiro atoms. The van der Waals surface area contributed by atoms with Gasteiger partial charge in [0.05, 0.1) is 0 Å². The molecule has 0 bridgehead atoms. The number of amides is 1. The Balaban J connectivity index is 2.36. The summed E-state index contributed by atoms with van der Waals surface area (Å²) in [6, 6.07) is 7.72. The van der Waals surface area contributed by atoms with E-state index >= 15 is 0 Å². The predicted octanol–water partition coefficient (Wildman–Crippen LogP) is 2.69. The Labute approximate surface area is 157 Å². The highest BCUT2D eigenvalue weighted by molar-refractivity contribution is 5.79. The van der Waals surface area contributed by atoms with E-state index in [1.54, 1.807) is 7.05 Å². The van der Waals surface area contributed by atoms with Crippen molar-refractivity contribution in [1.82, 2.24) is 16.0 Å². The van der Waals surface area contributed by atoms with Crippen molar-refractivity contribution in [3.05, 3.63) is 29.8 Å². The summed E-state index contributed by atoms with van der Waals surface area (Å²) in [5.41, 5.74) is 1.07. The van der Waals surface area contributed by atoms with Gasteiger partial charge in [-0.3, -0.25) is 9.79 Å². The lowest BCUT2D eigenvalue weighted by Gasteiger charge is -2.13. The largest absolute Gasteiger partial charge is 0.484 e. The maximum Gasteiger partial charge on any atom is 0.257 e. The van der Waals surface area contributed by atoms with Gasteiger partial charge in [-0.1, -0.05) is 38.8 Å². The minimum atomic E-state index is -0.113. The normalized spacial score (nSPS) is 11.3. The van der Waals surface area contributed by atoms with Gasteiger partial charge in [0.15, 0.2) is 12.6 Å². The number of nitrogens with one attached hydrogen (secondary N) is 3. The minimum absolute atomic E-state index is 0.0321. The van der Waals surface area contributed by atoms with E-state index in [2.05, 4.69) is 34.8 Å². The fourth-order valence-electron chi connectivity index (χ4n) is 2.43. The van der Waals surface area contributed by atoms with Gasteiger partial charge < -0.3 is 20.7 Å². The van der Waals surface area contributed by atoms with E-state index in [4.69, 9.17) is 4.74 Å². The summed E-state index contributed by atoms with van der Waals surface area (Å²) in [5.74, 6) is 2.13. The van der Waals surface area contributed by atoms with Crippen LogP contribution in [0, 0.1) is 5.92 Å². The SMILES string of the molecule is CCNC(=O)COc1cccc(CNC(=NC)NCCCCC(C)C)c1. The van der Waals surface area contributed by atoms with E-state index in [9.17, 15) is 4.79 Å². The fraction of sp³-hybridized carbons (Fsp3) is 0.600. The van der Waals surface area contributed by atoms with E-state index in [0.29, 0.717) is 18.8 Å². The van der Waals surface area contributed by atoms with Crippen LogP contribution < -0.4 is 20.7 Å². The molecule has 0 aliphatic rings. The summed E-state index contributed by atoms with van der Waals surface area (Å²) in [6.07, 6.45) is 3.63. The van der Waals surface area contributed by atoms with Gasteiger partial charge in [-0.15, -0.1) is 0 Å². The lowest BCUT2D eigenvalue weighted by atomic mass is 10.1. The molecule has 0 unspecified atom stereocenters. The molecule has 0 fully saturated rings. The first-order valence-electron chi connectivity index (χ1n) is 9.48. The first kappa shape index (κ1) is 21.8. The van der Waals surface area contributed by atoms with Gasteiger partial charge in [0.1, 0.15) is 5.75 Å². The number of carbonyl (C=O) groups excluding carboxylic acids is 1. The van der Waals surface area contributed by atoms with Crippen LogP contribution in [0.5, 0.6) is 5.75 Å². The second kappa shape index (κ2) is 13.0. The van der Waals surface area contributed by atoms with Crippen LogP contribution in [0.3, 0.4) is 0 Å². The molecule has 0 heterocycles. The summed E-state index contributed by atoms with van der Waals surface area (Å²) in [6.45, 7) is 8.59. The zero-order chi connectivity index (χ0) is 19.2. The predicted molar refractivity (Wildman–Crippen MR) is 108 cm³/mol. The lowest BCUT2D eigenvalue weighted by Crippen LogP contribution is -2.37. The first-order valence-corrected chi connectivity index (χ1v) is 9.48. The van der Waals surface area contributed by atoms with Crippen molar-refractivity contribution in [2.75, 3.05) is 26.7 Å². The second-order valence-corrected chi connectivity index (χ2v) is 6.63. The molecular weight excluding hydrogens is 328 g/mol. The number of rotatable bonds is 11. The van der Waals surface area contributed by atoms with Crippen molar-refractivity contribution >= 4 is 11.9 Å². The number of hydrogen-bond acceptors (Lipinski definition) is 3. The van der Waals surface area contributed by atoms with Gasteiger partial charge in [-0.05, 0) is 37.0 Å². The van der Waals surface area contributed by atoms with Crippen LogP contribution in [0.1, 0.15) is 45.6 Å².